The van der Waals surface area contributed by atoms with Crippen molar-refractivity contribution in [2.24, 2.45) is 0 Å². The Morgan fingerprint density at radius 3 is 2.58 bits per heavy atom. The maximum Gasteiger partial charge on any atom is 0.233 e. The van der Waals surface area contributed by atoms with Gasteiger partial charge in [-0.2, -0.15) is 0 Å². The van der Waals surface area contributed by atoms with E-state index in [-0.39, 0.29) is 17.5 Å². The first-order valence-electron chi connectivity index (χ1n) is 10.1. The standard InChI is InChI=1S/C24H22FN3O3S2/c1-28(11-15-4-9-19(30-2)20(10-15)31-3)21(29)13-33-24-22-18(12-32-23(22)26-14-27-24)16-5-7-17(25)8-6-16/h4-10,12,14H,11,13H2,1-3H3. The average molecular weight is 484 g/mol. The van der Waals surface area contributed by atoms with E-state index in [1.807, 2.05) is 23.6 Å². The van der Waals surface area contributed by atoms with Crippen LogP contribution in [-0.2, 0) is 11.3 Å². The van der Waals surface area contributed by atoms with Crippen molar-refractivity contribution < 1.29 is 18.7 Å². The SMILES string of the molecule is COc1ccc(CN(C)C(=O)CSc2ncnc3scc(-c4ccc(F)cc4)c23)cc1OC. The van der Waals surface area contributed by atoms with Crippen LogP contribution in [0.2, 0.25) is 0 Å². The molecule has 33 heavy (non-hydrogen) atoms. The zero-order valence-corrected chi connectivity index (χ0v) is 20.0. The van der Waals surface area contributed by atoms with Gasteiger partial charge < -0.3 is 14.4 Å². The van der Waals surface area contributed by atoms with Gasteiger partial charge >= 0.3 is 0 Å². The Morgan fingerprint density at radius 2 is 1.85 bits per heavy atom. The Balaban J connectivity index is 1.48. The van der Waals surface area contributed by atoms with Crippen LogP contribution >= 0.6 is 23.1 Å². The highest BCUT2D eigenvalue weighted by Gasteiger charge is 2.17. The lowest BCUT2D eigenvalue weighted by Gasteiger charge is -2.18. The summed E-state index contributed by atoms with van der Waals surface area (Å²) >= 11 is 2.87. The molecule has 0 aliphatic carbocycles. The Hall–Kier alpha value is -3.17. The molecule has 0 fully saturated rings. The molecule has 0 unspecified atom stereocenters. The third-order valence-corrected chi connectivity index (χ3v) is 6.98. The minimum absolute atomic E-state index is 0.0277. The summed E-state index contributed by atoms with van der Waals surface area (Å²) in [6.07, 6.45) is 1.51. The molecule has 0 spiro atoms. The molecule has 4 aromatic rings. The van der Waals surface area contributed by atoms with Gasteiger partial charge in [0.15, 0.2) is 11.5 Å². The quantitative estimate of drug-likeness (QED) is 0.251. The number of nitrogens with zero attached hydrogens (tertiary/aromatic N) is 3. The summed E-state index contributed by atoms with van der Waals surface area (Å²) in [6, 6.07) is 11.9. The Morgan fingerprint density at radius 1 is 1.09 bits per heavy atom. The number of thioether (sulfide) groups is 1. The van der Waals surface area contributed by atoms with Gasteiger partial charge in [-0.3, -0.25) is 4.79 Å². The second-order valence-electron chi connectivity index (χ2n) is 7.24. The number of fused-ring (bicyclic) bond motifs is 1. The molecule has 9 heteroatoms. The lowest BCUT2D eigenvalue weighted by Crippen LogP contribution is -2.27. The van der Waals surface area contributed by atoms with Crippen molar-refractivity contribution in [2.75, 3.05) is 27.0 Å². The number of aromatic nitrogens is 2. The maximum absolute atomic E-state index is 13.4. The van der Waals surface area contributed by atoms with Crippen LogP contribution in [-0.4, -0.2) is 47.8 Å². The minimum Gasteiger partial charge on any atom is -0.493 e. The first kappa shape index (κ1) is 23.0. The van der Waals surface area contributed by atoms with Crippen molar-refractivity contribution in [3.05, 3.63) is 65.6 Å². The van der Waals surface area contributed by atoms with Gasteiger partial charge in [-0.15, -0.1) is 11.3 Å². The summed E-state index contributed by atoms with van der Waals surface area (Å²) in [5.74, 6) is 1.19. The third-order valence-electron chi connectivity index (χ3n) is 5.12. The third kappa shape index (κ3) is 5.09. The largest absolute Gasteiger partial charge is 0.493 e. The number of halogens is 1. The van der Waals surface area contributed by atoms with Gasteiger partial charge in [0.1, 0.15) is 22.0 Å². The minimum atomic E-state index is -0.285. The summed E-state index contributed by atoms with van der Waals surface area (Å²) in [6.45, 7) is 0.443. The van der Waals surface area contributed by atoms with E-state index in [0.717, 1.165) is 31.9 Å². The molecule has 1 amide bonds. The van der Waals surface area contributed by atoms with E-state index >= 15 is 0 Å². The molecular formula is C24H22FN3O3S2. The van der Waals surface area contributed by atoms with Crippen molar-refractivity contribution in [3.63, 3.8) is 0 Å². The Kier molecular flexibility index (Phi) is 7.10. The van der Waals surface area contributed by atoms with Gasteiger partial charge in [-0.1, -0.05) is 30.0 Å². The van der Waals surface area contributed by atoms with E-state index in [4.69, 9.17) is 9.47 Å². The zero-order chi connectivity index (χ0) is 23.4. The van der Waals surface area contributed by atoms with Gasteiger partial charge in [0.05, 0.1) is 25.4 Å². The fourth-order valence-corrected chi connectivity index (χ4v) is 5.31. The van der Waals surface area contributed by atoms with E-state index in [1.54, 1.807) is 38.3 Å². The van der Waals surface area contributed by atoms with Crippen LogP contribution in [0.1, 0.15) is 5.56 Å². The zero-order valence-electron chi connectivity index (χ0n) is 18.4. The lowest BCUT2D eigenvalue weighted by atomic mass is 10.1. The first-order chi connectivity index (χ1) is 16.0. The van der Waals surface area contributed by atoms with Crippen molar-refractivity contribution in [2.45, 2.75) is 11.6 Å². The molecule has 170 valence electrons. The van der Waals surface area contributed by atoms with E-state index in [1.165, 1.54) is 41.6 Å². The fraction of sp³-hybridized carbons (Fsp3) is 0.208. The van der Waals surface area contributed by atoms with Crippen LogP contribution < -0.4 is 9.47 Å². The predicted octanol–water partition coefficient (Wildman–Crippen LogP) is 5.27. The molecule has 0 bridgehead atoms. The number of hydrogen-bond acceptors (Lipinski definition) is 7. The molecule has 2 heterocycles. The molecule has 2 aromatic heterocycles. The monoisotopic (exact) mass is 483 g/mol. The van der Waals surface area contributed by atoms with Crippen LogP contribution in [0.25, 0.3) is 21.3 Å². The molecule has 0 aliphatic heterocycles. The smallest absolute Gasteiger partial charge is 0.233 e. The van der Waals surface area contributed by atoms with Crippen LogP contribution in [0.15, 0.2) is 59.2 Å². The van der Waals surface area contributed by atoms with Crippen molar-refractivity contribution >= 4 is 39.2 Å². The number of methoxy groups -OCH3 is 2. The van der Waals surface area contributed by atoms with Crippen LogP contribution in [0.4, 0.5) is 4.39 Å². The number of ether oxygens (including phenoxy) is 2. The molecule has 0 radical (unpaired) electrons. The molecule has 2 aromatic carbocycles. The second-order valence-corrected chi connectivity index (χ2v) is 9.07. The molecule has 0 saturated heterocycles. The summed E-state index contributed by atoms with van der Waals surface area (Å²) in [4.78, 5) is 24.1. The number of thiophene rings is 1. The molecule has 0 saturated carbocycles. The van der Waals surface area contributed by atoms with Gasteiger partial charge in [0.2, 0.25) is 5.91 Å². The highest BCUT2D eigenvalue weighted by molar-refractivity contribution is 8.00. The highest BCUT2D eigenvalue weighted by Crippen LogP contribution is 2.38. The molecular weight excluding hydrogens is 461 g/mol. The van der Waals surface area contributed by atoms with E-state index in [9.17, 15) is 9.18 Å². The van der Waals surface area contributed by atoms with Crippen molar-refractivity contribution in [1.29, 1.82) is 0 Å². The number of rotatable bonds is 8. The molecule has 0 atom stereocenters. The normalized spacial score (nSPS) is 10.9. The van der Waals surface area contributed by atoms with E-state index < -0.39 is 0 Å². The number of hydrogen-bond donors (Lipinski definition) is 0. The van der Waals surface area contributed by atoms with Gasteiger partial charge in [0.25, 0.3) is 0 Å². The molecule has 0 aliphatic rings. The van der Waals surface area contributed by atoms with Gasteiger partial charge in [-0.05, 0) is 35.4 Å². The van der Waals surface area contributed by atoms with Crippen molar-refractivity contribution in [3.8, 4) is 22.6 Å². The Bertz CT molecular complexity index is 1280. The summed E-state index contributed by atoms with van der Waals surface area (Å²) in [5, 5.41) is 3.60. The van der Waals surface area contributed by atoms with Crippen molar-refractivity contribution in [1.82, 2.24) is 14.9 Å². The molecule has 0 N–H and O–H groups in total. The fourth-order valence-electron chi connectivity index (χ4n) is 3.38. The number of benzene rings is 2. The second kappa shape index (κ2) is 10.2. The number of carbonyl (C=O) groups is 1. The maximum atomic E-state index is 13.4. The number of amides is 1. The first-order valence-corrected chi connectivity index (χ1v) is 11.9. The molecule has 4 rings (SSSR count). The topological polar surface area (TPSA) is 64.5 Å². The summed E-state index contributed by atoms with van der Waals surface area (Å²) < 4.78 is 24.0. The lowest BCUT2D eigenvalue weighted by molar-refractivity contribution is -0.127. The van der Waals surface area contributed by atoms with Crippen LogP contribution in [0, 0.1) is 5.82 Å². The predicted molar refractivity (Wildman–Crippen MR) is 130 cm³/mol. The highest BCUT2D eigenvalue weighted by atomic mass is 32.2. The van der Waals surface area contributed by atoms with E-state index in [0.29, 0.717) is 18.0 Å². The summed E-state index contributed by atoms with van der Waals surface area (Å²) in [7, 11) is 4.94. The summed E-state index contributed by atoms with van der Waals surface area (Å²) in [5.41, 5.74) is 2.76. The average Bonchev–Trinajstić information content (AvgIpc) is 3.27. The number of carbonyl (C=O) groups excluding carboxylic acids is 1. The van der Waals surface area contributed by atoms with Gasteiger partial charge in [-0.25, -0.2) is 14.4 Å². The van der Waals surface area contributed by atoms with Crippen LogP contribution in [0.5, 0.6) is 11.5 Å². The Labute approximate surface area is 199 Å². The van der Waals surface area contributed by atoms with Crippen LogP contribution in [0.3, 0.4) is 0 Å². The van der Waals surface area contributed by atoms with E-state index in [2.05, 4.69) is 9.97 Å². The van der Waals surface area contributed by atoms with Gasteiger partial charge in [0, 0.05) is 24.5 Å². The molecule has 6 nitrogen and oxygen atoms in total.